The Balaban J connectivity index is 2.28. The van der Waals surface area contributed by atoms with Crippen LogP contribution in [0.4, 0.5) is 0 Å². The van der Waals surface area contributed by atoms with Crippen LogP contribution >= 0.6 is 22.6 Å². The van der Waals surface area contributed by atoms with Gasteiger partial charge in [0.15, 0.2) is 0 Å². The van der Waals surface area contributed by atoms with E-state index in [1.165, 1.54) is 9.14 Å². The predicted molar refractivity (Wildman–Crippen MR) is 65.0 cm³/mol. The zero-order chi connectivity index (χ0) is 9.10. The van der Waals surface area contributed by atoms with Gasteiger partial charge in [-0.3, -0.25) is 0 Å². The zero-order valence-corrected chi connectivity index (χ0v) is 9.44. The fourth-order valence-electron chi connectivity index (χ4n) is 1.58. The van der Waals surface area contributed by atoms with Gasteiger partial charge in [0.25, 0.3) is 0 Å². The van der Waals surface area contributed by atoms with Crippen LogP contribution in [0.15, 0.2) is 52.1 Å². The standard InChI is InChI=1S/C12H11I/c13-12-9-5-4-8-11(12)10-6-2-1-3-7-10/h1-7,9,11H,8H2. The molecule has 0 bridgehead atoms. The van der Waals surface area contributed by atoms with Crippen molar-refractivity contribution in [2.24, 2.45) is 0 Å². The Morgan fingerprint density at radius 3 is 2.62 bits per heavy atom. The average molecular weight is 282 g/mol. The summed E-state index contributed by atoms with van der Waals surface area (Å²) in [6.07, 6.45) is 7.71. The van der Waals surface area contributed by atoms with Crippen molar-refractivity contribution < 1.29 is 0 Å². The third kappa shape index (κ3) is 2.02. The maximum atomic E-state index is 2.43. The van der Waals surface area contributed by atoms with E-state index in [0.29, 0.717) is 5.92 Å². The second-order valence-corrected chi connectivity index (χ2v) is 4.42. The molecule has 0 N–H and O–H groups in total. The molecule has 0 amide bonds. The maximum absolute atomic E-state index is 2.43. The fraction of sp³-hybridized carbons (Fsp3) is 0.167. The van der Waals surface area contributed by atoms with Gasteiger partial charge in [0.2, 0.25) is 0 Å². The molecule has 1 aromatic carbocycles. The minimum atomic E-state index is 0.590. The Morgan fingerprint density at radius 2 is 1.92 bits per heavy atom. The quantitative estimate of drug-likeness (QED) is 0.682. The van der Waals surface area contributed by atoms with E-state index >= 15 is 0 Å². The Morgan fingerprint density at radius 1 is 1.15 bits per heavy atom. The van der Waals surface area contributed by atoms with Crippen LogP contribution in [-0.4, -0.2) is 0 Å². The van der Waals surface area contributed by atoms with E-state index in [0.717, 1.165) is 6.42 Å². The Kier molecular flexibility index (Phi) is 2.83. The van der Waals surface area contributed by atoms with E-state index in [-0.39, 0.29) is 0 Å². The summed E-state index contributed by atoms with van der Waals surface area (Å²) in [5.74, 6) is 0.590. The maximum Gasteiger partial charge on any atom is 0.0182 e. The van der Waals surface area contributed by atoms with Crippen molar-refractivity contribution in [1.29, 1.82) is 0 Å². The lowest BCUT2D eigenvalue weighted by Gasteiger charge is -2.17. The first-order valence-corrected chi connectivity index (χ1v) is 5.53. The van der Waals surface area contributed by atoms with Gasteiger partial charge >= 0.3 is 0 Å². The van der Waals surface area contributed by atoms with E-state index in [2.05, 4.69) is 71.2 Å². The lowest BCUT2D eigenvalue weighted by Crippen LogP contribution is -1.99. The molecule has 2 rings (SSSR count). The molecule has 0 aromatic heterocycles. The zero-order valence-electron chi connectivity index (χ0n) is 7.28. The summed E-state index contributed by atoms with van der Waals surface area (Å²) >= 11 is 2.43. The van der Waals surface area contributed by atoms with Crippen molar-refractivity contribution in [3.05, 3.63) is 57.7 Å². The largest absolute Gasteiger partial charge is 0.0836 e. The van der Waals surface area contributed by atoms with E-state index in [4.69, 9.17) is 0 Å². The molecule has 0 saturated carbocycles. The van der Waals surface area contributed by atoms with Crippen LogP contribution in [0.2, 0.25) is 0 Å². The van der Waals surface area contributed by atoms with Gasteiger partial charge < -0.3 is 0 Å². The summed E-state index contributed by atoms with van der Waals surface area (Å²) in [7, 11) is 0. The summed E-state index contributed by atoms with van der Waals surface area (Å²) < 4.78 is 1.44. The molecule has 1 aromatic rings. The highest BCUT2D eigenvalue weighted by atomic mass is 127. The van der Waals surface area contributed by atoms with Gasteiger partial charge in [-0.15, -0.1) is 0 Å². The molecule has 0 fully saturated rings. The minimum absolute atomic E-state index is 0.590. The van der Waals surface area contributed by atoms with Crippen molar-refractivity contribution >= 4 is 22.6 Å². The van der Waals surface area contributed by atoms with Gasteiger partial charge in [0.1, 0.15) is 0 Å². The molecule has 0 heterocycles. The molecule has 0 nitrogen and oxygen atoms in total. The molecule has 1 unspecified atom stereocenters. The number of rotatable bonds is 1. The molecule has 13 heavy (non-hydrogen) atoms. The minimum Gasteiger partial charge on any atom is -0.0836 e. The molecule has 1 aliphatic carbocycles. The molecule has 1 atom stereocenters. The van der Waals surface area contributed by atoms with E-state index in [9.17, 15) is 0 Å². The second kappa shape index (κ2) is 4.09. The first-order chi connectivity index (χ1) is 6.38. The molecule has 1 heteroatoms. The fourth-order valence-corrected chi connectivity index (χ4v) is 2.41. The van der Waals surface area contributed by atoms with Crippen LogP contribution in [0.3, 0.4) is 0 Å². The van der Waals surface area contributed by atoms with Crippen LogP contribution in [0.25, 0.3) is 0 Å². The molecule has 0 spiro atoms. The van der Waals surface area contributed by atoms with Crippen LogP contribution in [-0.2, 0) is 0 Å². The molecule has 0 radical (unpaired) electrons. The van der Waals surface area contributed by atoms with Gasteiger partial charge in [-0.1, -0.05) is 48.6 Å². The Hall–Kier alpha value is -0.570. The predicted octanol–water partition coefficient (Wildman–Crippen LogP) is 4.05. The van der Waals surface area contributed by atoms with E-state index in [1.54, 1.807) is 0 Å². The van der Waals surface area contributed by atoms with Gasteiger partial charge in [0.05, 0.1) is 0 Å². The molecular weight excluding hydrogens is 271 g/mol. The third-order valence-corrected chi connectivity index (χ3v) is 3.41. The SMILES string of the molecule is IC1=CC=CCC1c1ccccc1. The third-order valence-electron chi connectivity index (χ3n) is 2.30. The highest BCUT2D eigenvalue weighted by molar-refractivity contribution is 14.1. The van der Waals surface area contributed by atoms with Gasteiger partial charge in [0, 0.05) is 5.92 Å². The molecule has 0 saturated heterocycles. The van der Waals surface area contributed by atoms with E-state index < -0.39 is 0 Å². The normalized spacial score (nSPS) is 21.3. The summed E-state index contributed by atoms with van der Waals surface area (Å²) in [4.78, 5) is 0. The van der Waals surface area contributed by atoms with Crippen molar-refractivity contribution in [3.63, 3.8) is 0 Å². The first kappa shape index (κ1) is 9.00. The average Bonchev–Trinajstić information content (AvgIpc) is 2.20. The molecular formula is C12H11I. The van der Waals surface area contributed by atoms with Crippen molar-refractivity contribution in [2.75, 3.05) is 0 Å². The van der Waals surface area contributed by atoms with Crippen LogP contribution in [0, 0.1) is 0 Å². The smallest absolute Gasteiger partial charge is 0.0182 e. The summed E-state index contributed by atoms with van der Waals surface area (Å²) in [6, 6.07) is 10.7. The van der Waals surface area contributed by atoms with E-state index in [1.807, 2.05) is 0 Å². The monoisotopic (exact) mass is 282 g/mol. The van der Waals surface area contributed by atoms with Gasteiger partial charge in [-0.05, 0) is 38.2 Å². The van der Waals surface area contributed by atoms with Crippen molar-refractivity contribution in [2.45, 2.75) is 12.3 Å². The Bertz CT molecular complexity index is 335. The summed E-state index contributed by atoms with van der Waals surface area (Å²) in [5.41, 5.74) is 1.42. The van der Waals surface area contributed by atoms with Crippen LogP contribution < -0.4 is 0 Å². The molecule has 1 aliphatic rings. The lowest BCUT2D eigenvalue weighted by atomic mass is 9.93. The number of hydrogen-bond donors (Lipinski definition) is 0. The van der Waals surface area contributed by atoms with Crippen molar-refractivity contribution in [3.8, 4) is 0 Å². The first-order valence-electron chi connectivity index (χ1n) is 4.45. The highest BCUT2D eigenvalue weighted by Crippen LogP contribution is 2.34. The lowest BCUT2D eigenvalue weighted by molar-refractivity contribution is 0.848. The summed E-state index contributed by atoms with van der Waals surface area (Å²) in [6.45, 7) is 0. The highest BCUT2D eigenvalue weighted by Gasteiger charge is 2.14. The Labute approximate surface area is 92.5 Å². The summed E-state index contributed by atoms with van der Waals surface area (Å²) in [5, 5.41) is 0. The van der Waals surface area contributed by atoms with Crippen molar-refractivity contribution in [1.82, 2.24) is 0 Å². The van der Waals surface area contributed by atoms with Gasteiger partial charge in [-0.2, -0.15) is 0 Å². The van der Waals surface area contributed by atoms with Gasteiger partial charge in [-0.25, -0.2) is 0 Å². The van der Waals surface area contributed by atoms with Crippen LogP contribution in [0.5, 0.6) is 0 Å². The number of hydrogen-bond acceptors (Lipinski definition) is 0. The molecule has 66 valence electrons. The number of benzene rings is 1. The number of halogens is 1. The second-order valence-electron chi connectivity index (χ2n) is 3.18. The molecule has 0 aliphatic heterocycles. The van der Waals surface area contributed by atoms with Crippen LogP contribution in [0.1, 0.15) is 17.9 Å². The topological polar surface area (TPSA) is 0 Å². The number of allylic oxidation sites excluding steroid dienone is 4.